The number of fused-ring (bicyclic) bond motifs is 3. The molecule has 7 nitrogen and oxygen atoms in total. The van der Waals surface area contributed by atoms with Gasteiger partial charge in [0, 0.05) is 60.8 Å². The van der Waals surface area contributed by atoms with Gasteiger partial charge in [0.05, 0.1) is 11.9 Å². The number of aromatic nitrogens is 1. The number of benzene rings is 1. The van der Waals surface area contributed by atoms with Gasteiger partial charge in [-0.05, 0) is 12.5 Å². The smallest absolute Gasteiger partial charge is 0.328 e. The summed E-state index contributed by atoms with van der Waals surface area (Å²) in [5, 5.41) is 7.97. The largest absolute Gasteiger partial charge is 0.368 e. The molecule has 4 aliphatic heterocycles. The molecule has 2 bridgehead atoms. The zero-order valence-electron chi connectivity index (χ0n) is 13.7. The third kappa shape index (κ3) is 2.34. The lowest BCUT2D eigenvalue weighted by molar-refractivity contribution is -0.120. The van der Waals surface area contributed by atoms with E-state index < -0.39 is 0 Å². The molecule has 1 aromatic heterocycles. The standard InChI is InChI=1S/C18H19N5O2/c24-17-4-5-23(18(25)21-17)16-8-19-7-14-13(16)2-1-3-15(14)22-9-11-6-12(10-22)20-11/h1-3,7-8,11-12,20H,4-6,9-10H2,(H,21,24,25). The summed E-state index contributed by atoms with van der Waals surface area (Å²) in [5.74, 6) is -0.227. The molecule has 7 heteroatoms. The summed E-state index contributed by atoms with van der Waals surface area (Å²) in [5.41, 5.74) is 1.92. The van der Waals surface area contributed by atoms with Crippen LogP contribution in [0.1, 0.15) is 12.8 Å². The molecule has 2 unspecified atom stereocenters. The monoisotopic (exact) mass is 337 g/mol. The molecular formula is C18H19N5O2. The van der Waals surface area contributed by atoms with Gasteiger partial charge in [-0.1, -0.05) is 12.1 Å². The summed E-state index contributed by atoms with van der Waals surface area (Å²) in [6.45, 7) is 2.38. The van der Waals surface area contributed by atoms with Gasteiger partial charge in [-0.25, -0.2) is 4.79 Å². The molecule has 128 valence electrons. The average Bonchev–Trinajstić information content (AvgIpc) is 2.60. The van der Waals surface area contributed by atoms with Crippen LogP contribution in [0, 0.1) is 0 Å². The third-order valence-electron chi connectivity index (χ3n) is 5.37. The van der Waals surface area contributed by atoms with E-state index in [0.29, 0.717) is 25.0 Å². The van der Waals surface area contributed by atoms with Gasteiger partial charge in [0.2, 0.25) is 5.91 Å². The molecule has 3 amide bonds. The Morgan fingerprint density at radius 1 is 1.04 bits per heavy atom. The normalized spacial score (nSPS) is 25.8. The number of amides is 3. The highest BCUT2D eigenvalue weighted by molar-refractivity contribution is 6.11. The number of hydrogen-bond acceptors (Lipinski definition) is 5. The van der Waals surface area contributed by atoms with Crippen LogP contribution in [0.4, 0.5) is 16.2 Å². The Kier molecular flexibility index (Phi) is 3.18. The lowest BCUT2D eigenvalue weighted by Gasteiger charge is -2.49. The molecular weight excluding hydrogens is 318 g/mol. The topological polar surface area (TPSA) is 77.6 Å². The second kappa shape index (κ2) is 5.42. The minimum Gasteiger partial charge on any atom is -0.368 e. The van der Waals surface area contributed by atoms with Crippen molar-refractivity contribution in [3.05, 3.63) is 30.6 Å². The fraction of sp³-hybridized carbons (Fsp3) is 0.389. The number of nitrogens with zero attached hydrogens (tertiary/aromatic N) is 3. The van der Waals surface area contributed by atoms with Crippen LogP contribution in [0.25, 0.3) is 10.8 Å². The van der Waals surface area contributed by atoms with Crippen molar-refractivity contribution >= 4 is 34.1 Å². The van der Waals surface area contributed by atoms with Gasteiger partial charge in [0.1, 0.15) is 0 Å². The number of nitrogens with one attached hydrogen (secondary N) is 2. The number of piperazine rings is 1. The maximum Gasteiger partial charge on any atom is 0.328 e. The highest BCUT2D eigenvalue weighted by Gasteiger charge is 2.37. The Morgan fingerprint density at radius 2 is 1.84 bits per heavy atom. The van der Waals surface area contributed by atoms with Crippen molar-refractivity contribution in [1.29, 1.82) is 0 Å². The molecule has 25 heavy (non-hydrogen) atoms. The molecule has 0 saturated carbocycles. The Balaban J connectivity index is 1.56. The van der Waals surface area contributed by atoms with Gasteiger partial charge in [-0.15, -0.1) is 0 Å². The number of pyridine rings is 1. The first-order valence-corrected chi connectivity index (χ1v) is 8.68. The molecule has 0 spiro atoms. The van der Waals surface area contributed by atoms with Crippen molar-refractivity contribution in [2.24, 2.45) is 0 Å². The Hall–Kier alpha value is -2.67. The predicted molar refractivity (Wildman–Crippen MR) is 94.8 cm³/mol. The Bertz CT molecular complexity index is 867. The third-order valence-corrected chi connectivity index (χ3v) is 5.37. The summed E-state index contributed by atoms with van der Waals surface area (Å²) in [6.07, 6.45) is 5.14. The van der Waals surface area contributed by atoms with Crippen LogP contribution >= 0.6 is 0 Å². The van der Waals surface area contributed by atoms with Gasteiger partial charge < -0.3 is 10.2 Å². The van der Waals surface area contributed by atoms with Crippen molar-refractivity contribution in [3.63, 3.8) is 0 Å². The van der Waals surface area contributed by atoms with Crippen molar-refractivity contribution < 1.29 is 9.59 Å². The summed E-state index contributed by atoms with van der Waals surface area (Å²) < 4.78 is 0. The van der Waals surface area contributed by atoms with Crippen LogP contribution < -0.4 is 20.4 Å². The van der Waals surface area contributed by atoms with E-state index in [-0.39, 0.29) is 11.9 Å². The number of imide groups is 1. The van der Waals surface area contributed by atoms with Crippen LogP contribution in [-0.2, 0) is 4.79 Å². The Morgan fingerprint density at radius 3 is 2.60 bits per heavy atom. The SMILES string of the molecule is O=C1CCN(c2cncc3c(N4CC5CC(C4)N5)cccc23)C(=O)N1. The second-order valence-electron chi connectivity index (χ2n) is 6.99. The number of anilines is 2. The summed E-state index contributed by atoms with van der Waals surface area (Å²) >= 11 is 0. The van der Waals surface area contributed by atoms with Crippen LogP contribution in [-0.4, -0.2) is 48.6 Å². The van der Waals surface area contributed by atoms with E-state index in [9.17, 15) is 9.59 Å². The van der Waals surface area contributed by atoms with Crippen LogP contribution in [0.3, 0.4) is 0 Å². The van der Waals surface area contributed by atoms with Crippen LogP contribution in [0.5, 0.6) is 0 Å². The quantitative estimate of drug-likeness (QED) is 0.862. The van der Waals surface area contributed by atoms with E-state index in [1.54, 1.807) is 11.1 Å². The maximum absolute atomic E-state index is 12.2. The first-order valence-electron chi connectivity index (χ1n) is 8.68. The number of carbonyl (C=O) groups excluding carboxylic acids is 2. The lowest BCUT2D eigenvalue weighted by atomic mass is 9.90. The molecule has 6 rings (SSSR count). The van der Waals surface area contributed by atoms with E-state index >= 15 is 0 Å². The maximum atomic E-state index is 12.2. The molecule has 2 atom stereocenters. The molecule has 4 fully saturated rings. The number of piperidine rings is 1. The molecule has 2 N–H and O–H groups in total. The minimum absolute atomic E-state index is 0.227. The molecule has 0 radical (unpaired) electrons. The predicted octanol–water partition coefficient (Wildman–Crippen LogP) is 1.23. The number of rotatable bonds is 2. The second-order valence-corrected chi connectivity index (χ2v) is 6.99. The molecule has 2 aromatic rings. The van der Waals surface area contributed by atoms with E-state index in [2.05, 4.69) is 26.6 Å². The van der Waals surface area contributed by atoms with Gasteiger partial charge >= 0.3 is 6.03 Å². The number of urea groups is 1. The van der Waals surface area contributed by atoms with Crippen molar-refractivity contribution in [2.45, 2.75) is 24.9 Å². The molecule has 4 saturated heterocycles. The molecule has 1 aromatic carbocycles. The summed E-state index contributed by atoms with van der Waals surface area (Å²) in [4.78, 5) is 32.0. The first-order chi connectivity index (χ1) is 12.2. The van der Waals surface area contributed by atoms with E-state index in [1.807, 2.05) is 18.3 Å². The lowest BCUT2D eigenvalue weighted by Crippen LogP contribution is -2.67. The van der Waals surface area contributed by atoms with Crippen molar-refractivity contribution in [3.8, 4) is 0 Å². The fourth-order valence-electron chi connectivity index (χ4n) is 4.16. The van der Waals surface area contributed by atoms with Gasteiger partial charge in [-0.2, -0.15) is 0 Å². The molecule has 5 heterocycles. The first kappa shape index (κ1) is 14.7. The van der Waals surface area contributed by atoms with E-state index in [4.69, 9.17) is 0 Å². The summed E-state index contributed by atoms with van der Waals surface area (Å²) in [6, 6.07) is 6.94. The van der Waals surface area contributed by atoms with Gasteiger partial charge in [0.15, 0.2) is 0 Å². The Labute approximate surface area is 145 Å². The van der Waals surface area contributed by atoms with Crippen LogP contribution in [0.2, 0.25) is 0 Å². The van der Waals surface area contributed by atoms with Gasteiger partial charge in [0.25, 0.3) is 0 Å². The number of carbonyl (C=O) groups is 2. The van der Waals surface area contributed by atoms with E-state index in [1.165, 1.54) is 6.42 Å². The number of hydrogen-bond donors (Lipinski definition) is 2. The average molecular weight is 337 g/mol. The zero-order chi connectivity index (χ0) is 17.0. The molecule has 0 aliphatic carbocycles. The minimum atomic E-state index is -0.376. The zero-order valence-corrected chi connectivity index (χ0v) is 13.7. The highest BCUT2D eigenvalue weighted by Crippen LogP contribution is 2.35. The highest BCUT2D eigenvalue weighted by atomic mass is 16.2. The van der Waals surface area contributed by atoms with Crippen molar-refractivity contribution in [2.75, 3.05) is 29.4 Å². The van der Waals surface area contributed by atoms with E-state index in [0.717, 1.165) is 35.2 Å². The summed E-state index contributed by atoms with van der Waals surface area (Å²) in [7, 11) is 0. The van der Waals surface area contributed by atoms with Crippen molar-refractivity contribution in [1.82, 2.24) is 15.6 Å². The van der Waals surface area contributed by atoms with Crippen LogP contribution in [0.15, 0.2) is 30.6 Å². The molecule has 4 aliphatic rings. The van der Waals surface area contributed by atoms with Gasteiger partial charge in [-0.3, -0.25) is 20.0 Å². The fourth-order valence-corrected chi connectivity index (χ4v) is 4.16.